The molecule has 1 aromatic rings. The van der Waals surface area contributed by atoms with Gasteiger partial charge in [0.2, 0.25) is 0 Å². The Balaban J connectivity index is 2.76. The fourth-order valence-corrected chi connectivity index (χ4v) is 1.59. The van der Waals surface area contributed by atoms with E-state index >= 15 is 0 Å². The molecule has 0 amide bonds. The molecule has 0 atom stereocenters. The molecule has 0 unspecified atom stereocenters. The molecule has 0 aromatic heterocycles. The van der Waals surface area contributed by atoms with E-state index in [0.717, 1.165) is 24.7 Å². The van der Waals surface area contributed by atoms with Crippen molar-refractivity contribution in [3.63, 3.8) is 0 Å². The minimum atomic E-state index is -0.634. The first kappa shape index (κ1) is 13.7. The number of aliphatic hydroxyl groups is 1. The van der Waals surface area contributed by atoms with Crippen LogP contribution in [0.1, 0.15) is 38.3 Å². The Labute approximate surface area is 103 Å². The van der Waals surface area contributed by atoms with Gasteiger partial charge in [-0.15, -0.1) is 0 Å². The molecule has 92 valence electrons. The topological polar surface area (TPSA) is 37.3 Å². The fourth-order valence-electron chi connectivity index (χ4n) is 1.59. The predicted molar refractivity (Wildman–Crippen MR) is 70.8 cm³/mol. The Morgan fingerprint density at radius 2 is 2.12 bits per heavy atom. The van der Waals surface area contributed by atoms with Gasteiger partial charge in [0.1, 0.15) is 6.29 Å². The van der Waals surface area contributed by atoms with Gasteiger partial charge in [0.15, 0.2) is 0 Å². The highest BCUT2D eigenvalue weighted by Crippen LogP contribution is 2.15. The molecule has 2 heteroatoms. The number of aryl methyl sites for hydroxylation is 1. The minimum absolute atomic E-state index is 0.634. The first-order valence-electron chi connectivity index (χ1n) is 5.85. The van der Waals surface area contributed by atoms with Crippen LogP contribution in [0.5, 0.6) is 0 Å². The monoisotopic (exact) mass is 232 g/mol. The molecule has 1 N–H and O–H groups in total. The number of benzene rings is 1. The molecule has 0 aliphatic rings. The number of hydrogen-bond donors (Lipinski definition) is 1. The van der Waals surface area contributed by atoms with E-state index in [-0.39, 0.29) is 0 Å². The minimum Gasteiger partial charge on any atom is -0.390 e. The maximum atomic E-state index is 10.5. The molecule has 0 aliphatic heterocycles. The van der Waals surface area contributed by atoms with Gasteiger partial charge in [-0.05, 0) is 56.4 Å². The molecule has 0 saturated carbocycles. The summed E-state index contributed by atoms with van der Waals surface area (Å²) >= 11 is 0. The van der Waals surface area contributed by atoms with Crippen molar-refractivity contribution in [2.75, 3.05) is 0 Å². The summed E-state index contributed by atoms with van der Waals surface area (Å²) in [5.41, 5.74) is 2.29. The highest BCUT2D eigenvalue weighted by atomic mass is 16.3. The first-order valence-corrected chi connectivity index (χ1v) is 5.85. The molecular formula is C15H20O2. The molecule has 0 bridgehead atoms. The summed E-state index contributed by atoms with van der Waals surface area (Å²) in [4.78, 5) is 10.5. The van der Waals surface area contributed by atoms with E-state index < -0.39 is 5.60 Å². The SMILES string of the molecule is C/C(C=O)=C\c1cccc(CCC(C)(C)O)c1. The second-order valence-electron chi connectivity index (χ2n) is 5.06. The third-order valence-electron chi connectivity index (χ3n) is 2.56. The first-order chi connectivity index (χ1) is 7.90. The van der Waals surface area contributed by atoms with Crippen LogP contribution in [0.4, 0.5) is 0 Å². The van der Waals surface area contributed by atoms with Gasteiger partial charge < -0.3 is 5.11 Å². The van der Waals surface area contributed by atoms with Crippen molar-refractivity contribution in [2.45, 2.75) is 39.2 Å². The van der Waals surface area contributed by atoms with Gasteiger partial charge in [-0.2, -0.15) is 0 Å². The Hall–Kier alpha value is -1.41. The van der Waals surface area contributed by atoms with E-state index in [9.17, 15) is 9.90 Å². The van der Waals surface area contributed by atoms with Crippen LogP contribution in [0.25, 0.3) is 6.08 Å². The molecular weight excluding hydrogens is 212 g/mol. The number of carbonyl (C=O) groups is 1. The Kier molecular flexibility index (Phi) is 4.64. The highest BCUT2D eigenvalue weighted by molar-refractivity contribution is 5.80. The summed E-state index contributed by atoms with van der Waals surface area (Å²) in [7, 11) is 0. The van der Waals surface area contributed by atoms with Crippen molar-refractivity contribution in [3.05, 3.63) is 41.0 Å². The standard InChI is InChI=1S/C15H20O2/c1-12(11-16)9-14-6-4-5-13(10-14)7-8-15(2,3)17/h4-6,9-11,17H,7-8H2,1-3H3/b12-9+. The average Bonchev–Trinajstić information content (AvgIpc) is 2.26. The lowest BCUT2D eigenvalue weighted by Gasteiger charge is -2.16. The Morgan fingerprint density at radius 1 is 1.41 bits per heavy atom. The molecule has 0 fully saturated rings. The summed E-state index contributed by atoms with van der Waals surface area (Å²) < 4.78 is 0. The fraction of sp³-hybridized carbons (Fsp3) is 0.400. The number of hydrogen-bond acceptors (Lipinski definition) is 2. The highest BCUT2D eigenvalue weighted by Gasteiger charge is 2.11. The molecule has 2 nitrogen and oxygen atoms in total. The third-order valence-corrected chi connectivity index (χ3v) is 2.56. The van der Waals surface area contributed by atoms with Gasteiger partial charge >= 0.3 is 0 Å². The van der Waals surface area contributed by atoms with Crippen molar-refractivity contribution in [2.24, 2.45) is 0 Å². The molecule has 0 radical (unpaired) electrons. The quantitative estimate of drug-likeness (QED) is 0.626. The zero-order valence-electron chi connectivity index (χ0n) is 10.7. The molecule has 0 saturated heterocycles. The maximum Gasteiger partial charge on any atom is 0.145 e. The maximum absolute atomic E-state index is 10.5. The van der Waals surface area contributed by atoms with E-state index in [0.29, 0.717) is 5.57 Å². The van der Waals surface area contributed by atoms with E-state index in [1.54, 1.807) is 6.92 Å². The zero-order valence-corrected chi connectivity index (χ0v) is 10.7. The second-order valence-corrected chi connectivity index (χ2v) is 5.06. The van der Waals surface area contributed by atoms with Crippen LogP contribution in [-0.4, -0.2) is 17.0 Å². The second kappa shape index (κ2) is 5.78. The van der Waals surface area contributed by atoms with Gasteiger partial charge in [0.25, 0.3) is 0 Å². The summed E-state index contributed by atoms with van der Waals surface area (Å²) in [6.07, 6.45) is 4.28. The lowest BCUT2D eigenvalue weighted by molar-refractivity contribution is -0.104. The summed E-state index contributed by atoms with van der Waals surface area (Å²) in [6.45, 7) is 5.41. The average molecular weight is 232 g/mol. The van der Waals surface area contributed by atoms with Crippen molar-refractivity contribution in [1.82, 2.24) is 0 Å². The van der Waals surface area contributed by atoms with Gasteiger partial charge in [-0.25, -0.2) is 0 Å². The molecule has 0 heterocycles. The largest absolute Gasteiger partial charge is 0.390 e. The third kappa shape index (κ3) is 5.45. The van der Waals surface area contributed by atoms with E-state index in [1.807, 2.05) is 38.1 Å². The summed E-state index contributed by atoms with van der Waals surface area (Å²) in [5.74, 6) is 0. The normalized spacial score (nSPS) is 12.6. The molecule has 1 rings (SSSR count). The number of allylic oxidation sites excluding steroid dienone is 1. The smallest absolute Gasteiger partial charge is 0.145 e. The zero-order chi connectivity index (χ0) is 12.9. The van der Waals surface area contributed by atoms with Crippen LogP contribution in [-0.2, 0) is 11.2 Å². The van der Waals surface area contributed by atoms with Crippen LogP contribution in [0.3, 0.4) is 0 Å². The summed E-state index contributed by atoms with van der Waals surface area (Å²) in [6, 6.07) is 8.04. The molecule has 1 aromatic carbocycles. The van der Waals surface area contributed by atoms with Crippen LogP contribution in [0.2, 0.25) is 0 Å². The van der Waals surface area contributed by atoms with Gasteiger partial charge in [0, 0.05) is 0 Å². The lowest BCUT2D eigenvalue weighted by atomic mass is 9.97. The Bertz CT molecular complexity index is 411. The number of carbonyl (C=O) groups excluding carboxylic acids is 1. The van der Waals surface area contributed by atoms with Gasteiger partial charge in [-0.3, -0.25) is 4.79 Å². The van der Waals surface area contributed by atoms with Crippen LogP contribution in [0.15, 0.2) is 29.8 Å². The van der Waals surface area contributed by atoms with Crippen molar-refractivity contribution in [1.29, 1.82) is 0 Å². The molecule has 0 spiro atoms. The van der Waals surface area contributed by atoms with Gasteiger partial charge in [-0.1, -0.05) is 24.3 Å². The lowest BCUT2D eigenvalue weighted by Crippen LogP contribution is -2.19. The van der Waals surface area contributed by atoms with Gasteiger partial charge in [0.05, 0.1) is 5.60 Å². The van der Waals surface area contributed by atoms with Crippen LogP contribution < -0.4 is 0 Å². The number of rotatable bonds is 5. The van der Waals surface area contributed by atoms with Crippen molar-refractivity contribution >= 4 is 12.4 Å². The summed E-state index contributed by atoms with van der Waals surface area (Å²) in [5, 5.41) is 9.67. The van der Waals surface area contributed by atoms with E-state index in [2.05, 4.69) is 6.07 Å². The predicted octanol–water partition coefficient (Wildman–Crippen LogP) is 2.99. The van der Waals surface area contributed by atoms with Crippen molar-refractivity contribution in [3.8, 4) is 0 Å². The molecule has 0 aliphatic carbocycles. The van der Waals surface area contributed by atoms with Crippen molar-refractivity contribution < 1.29 is 9.90 Å². The molecule has 17 heavy (non-hydrogen) atoms. The van der Waals surface area contributed by atoms with Crippen LogP contribution in [0, 0.1) is 0 Å². The Morgan fingerprint density at radius 3 is 2.71 bits per heavy atom. The van der Waals surface area contributed by atoms with E-state index in [4.69, 9.17) is 0 Å². The number of aldehydes is 1. The van der Waals surface area contributed by atoms with Crippen LogP contribution >= 0.6 is 0 Å². The van der Waals surface area contributed by atoms with E-state index in [1.165, 1.54) is 5.56 Å².